The average molecular weight is 216 g/mol. The molecule has 0 N–H and O–H groups in total. The van der Waals surface area contributed by atoms with Gasteiger partial charge in [-0.25, -0.2) is 0 Å². The fourth-order valence-corrected chi connectivity index (χ4v) is 2.79. The van der Waals surface area contributed by atoms with Gasteiger partial charge in [0.05, 0.1) is 0 Å². The Hall–Kier alpha value is -0.780. The second-order valence-corrected chi connectivity index (χ2v) is 5.31. The van der Waals surface area contributed by atoms with Gasteiger partial charge >= 0.3 is 0 Å². The van der Waals surface area contributed by atoms with Crippen LogP contribution in [0.5, 0.6) is 0 Å². The van der Waals surface area contributed by atoms with Gasteiger partial charge in [-0.3, -0.25) is 0 Å². The Morgan fingerprint density at radius 2 is 1.94 bits per heavy atom. The van der Waals surface area contributed by atoms with Crippen molar-refractivity contribution in [3.8, 4) is 0 Å². The van der Waals surface area contributed by atoms with Crippen LogP contribution in [0, 0.1) is 0 Å². The summed E-state index contributed by atoms with van der Waals surface area (Å²) in [6.45, 7) is 4.61. The molecule has 1 aromatic rings. The molecule has 0 nitrogen and oxygen atoms in total. The molecular formula is C16H24. The van der Waals surface area contributed by atoms with Gasteiger partial charge in [0, 0.05) is 0 Å². The van der Waals surface area contributed by atoms with E-state index in [9.17, 15) is 0 Å². The molecule has 0 amide bonds. The van der Waals surface area contributed by atoms with Crippen molar-refractivity contribution in [3.05, 3.63) is 35.4 Å². The van der Waals surface area contributed by atoms with Crippen molar-refractivity contribution in [1.82, 2.24) is 0 Å². The second kappa shape index (κ2) is 5.52. The summed E-state index contributed by atoms with van der Waals surface area (Å²) in [5, 5.41) is 0. The zero-order chi connectivity index (χ0) is 11.4. The minimum Gasteiger partial charge on any atom is -0.0648 e. The van der Waals surface area contributed by atoms with Crippen LogP contribution in [-0.2, 0) is 0 Å². The number of benzene rings is 1. The summed E-state index contributed by atoms with van der Waals surface area (Å²) in [7, 11) is 0. The van der Waals surface area contributed by atoms with Gasteiger partial charge in [0.25, 0.3) is 0 Å². The van der Waals surface area contributed by atoms with E-state index in [1.165, 1.54) is 44.1 Å². The fraction of sp³-hybridized carbons (Fsp3) is 0.625. The van der Waals surface area contributed by atoms with Crippen molar-refractivity contribution in [2.45, 2.75) is 64.2 Å². The summed E-state index contributed by atoms with van der Waals surface area (Å²) in [5.41, 5.74) is 3.13. The molecule has 16 heavy (non-hydrogen) atoms. The minimum atomic E-state index is 0.712. The van der Waals surface area contributed by atoms with Gasteiger partial charge in [-0.2, -0.15) is 0 Å². The quantitative estimate of drug-likeness (QED) is 0.647. The van der Waals surface area contributed by atoms with Crippen molar-refractivity contribution < 1.29 is 0 Å². The highest BCUT2D eigenvalue weighted by molar-refractivity contribution is 5.28. The number of hydrogen-bond donors (Lipinski definition) is 0. The molecule has 1 fully saturated rings. The maximum Gasteiger partial charge on any atom is -0.0162 e. The highest BCUT2D eigenvalue weighted by atomic mass is 14.2. The average Bonchev–Trinajstić information content (AvgIpc) is 2.39. The molecule has 1 unspecified atom stereocenters. The molecule has 1 atom stereocenters. The Bertz CT molecular complexity index is 321. The van der Waals surface area contributed by atoms with Crippen molar-refractivity contribution in [2.75, 3.05) is 0 Å². The van der Waals surface area contributed by atoms with E-state index in [0.29, 0.717) is 5.92 Å². The first-order valence-corrected chi connectivity index (χ1v) is 6.91. The van der Waals surface area contributed by atoms with Crippen LogP contribution in [0.2, 0.25) is 0 Å². The van der Waals surface area contributed by atoms with Gasteiger partial charge in [0.2, 0.25) is 0 Å². The maximum absolute atomic E-state index is 2.46. The predicted molar refractivity (Wildman–Crippen MR) is 71.0 cm³/mol. The second-order valence-electron chi connectivity index (χ2n) is 5.31. The van der Waals surface area contributed by atoms with Gasteiger partial charge in [-0.05, 0) is 42.2 Å². The van der Waals surface area contributed by atoms with E-state index in [2.05, 4.69) is 38.1 Å². The van der Waals surface area contributed by atoms with E-state index in [-0.39, 0.29) is 0 Å². The molecule has 1 aromatic carbocycles. The van der Waals surface area contributed by atoms with Crippen LogP contribution in [0.1, 0.15) is 75.3 Å². The lowest BCUT2D eigenvalue weighted by Crippen LogP contribution is -2.05. The Labute approximate surface area is 100 Å². The lowest BCUT2D eigenvalue weighted by atomic mass is 9.83. The summed E-state index contributed by atoms with van der Waals surface area (Å²) in [6.07, 6.45) is 8.36. The third-order valence-electron chi connectivity index (χ3n) is 4.17. The van der Waals surface area contributed by atoms with Gasteiger partial charge in [0.15, 0.2) is 0 Å². The zero-order valence-electron chi connectivity index (χ0n) is 10.7. The van der Waals surface area contributed by atoms with Crippen molar-refractivity contribution in [3.63, 3.8) is 0 Å². The topological polar surface area (TPSA) is 0 Å². The molecule has 0 saturated heterocycles. The predicted octanol–water partition coefficient (Wildman–Crippen LogP) is 5.25. The first-order chi connectivity index (χ1) is 7.81. The SMILES string of the molecule is CCC(C)c1cccc(C2CCCCC2)c1. The molecule has 0 aliphatic heterocycles. The lowest BCUT2D eigenvalue weighted by Gasteiger charge is -2.23. The molecule has 0 heteroatoms. The zero-order valence-corrected chi connectivity index (χ0v) is 10.7. The molecule has 1 aliphatic carbocycles. The number of rotatable bonds is 3. The third kappa shape index (κ3) is 2.66. The lowest BCUT2D eigenvalue weighted by molar-refractivity contribution is 0.443. The van der Waals surface area contributed by atoms with Crippen LogP contribution < -0.4 is 0 Å². The fourth-order valence-electron chi connectivity index (χ4n) is 2.79. The Morgan fingerprint density at radius 3 is 2.62 bits per heavy atom. The molecule has 1 aliphatic rings. The maximum atomic E-state index is 2.46. The van der Waals surface area contributed by atoms with Crippen LogP contribution in [0.25, 0.3) is 0 Å². The molecule has 1 saturated carbocycles. The van der Waals surface area contributed by atoms with Crippen LogP contribution in [0.15, 0.2) is 24.3 Å². The van der Waals surface area contributed by atoms with Crippen LogP contribution >= 0.6 is 0 Å². The summed E-state index contributed by atoms with van der Waals surface area (Å²) >= 11 is 0. The standard InChI is InChI=1S/C16H24/c1-3-13(2)15-10-7-11-16(12-15)14-8-5-4-6-9-14/h7,10-14H,3-6,8-9H2,1-2H3. The summed E-state index contributed by atoms with van der Waals surface area (Å²) in [4.78, 5) is 0. The molecule has 88 valence electrons. The smallest absolute Gasteiger partial charge is 0.0162 e. The minimum absolute atomic E-state index is 0.712. The van der Waals surface area contributed by atoms with E-state index in [1.54, 1.807) is 5.56 Å². The van der Waals surface area contributed by atoms with E-state index < -0.39 is 0 Å². The van der Waals surface area contributed by atoms with Crippen LogP contribution in [0.3, 0.4) is 0 Å². The molecular weight excluding hydrogens is 192 g/mol. The molecule has 0 bridgehead atoms. The summed E-state index contributed by atoms with van der Waals surface area (Å²) in [5.74, 6) is 1.56. The molecule has 0 aromatic heterocycles. The van der Waals surface area contributed by atoms with Gasteiger partial charge in [-0.1, -0.05) is 57.4 Å². The van der Waals surface area contributed by atoms with E-state index in [0.717, 1.165) is 5.92 Å². The van der Waals surface area contributed by atoms with Gasteiger partial charge < -0.3 is 0 Å². The number of hydrogen-bond acceptors (Lipinski definition) is 0. The van der Waals surface area contributed by atoms with E-state index in [4.69, 9.17) is 0 Å². The highest BCUT2D eigenvalue weighted by Crippen LogP contribution is 2.33. The van der Waals surface area contributed by atoms with E-state index in [1.807, 2.05) is 0 Å². The molecule has 0 spiro atoms. The summed E-state index contributed by atoms with van der Waals surface area (Å²) < 4.78 is 0. The van der Waals surface area contributed by atoms with Gasteiger partial charge in [0.1, 0.15) is 0 Å². The Morgan fingerprint density at radius 1 is 1.19 bits per heavy atom. The molecule has 0 heterocycles. The van der Waals surface area contributed by atoms with Crippen molar-refractivity contribution in [2.24, 2.45) is 0 Å². The van der Waals surface area contributed by atoms with Crippen molar-refractivity contribution >= 4 is 0 Å². The first-order valence-electron chi connectivity index (χ1n) is 6.91. The highest BCUT2D eigenvalue weighted by Gasteiger charge is 2.16. The molecule has 2 rings (SSSR count). The van der Waals surface area contributed by atoms with E-state index >= 15 is 0 Å². The summed E-state index contributed by atoms with van der Waals surface area (Å²) in [6, 6.07) is 9.35. The molecule has 0 radical (unpaired) electrons. The largest absolute Gasteiger partial charge is 0.0648 e. The third-order valence-corrected chi connectivity index (χ3v) is 4.17. The van der Waals surface area contributed by atoms with Gasteiger partial charge in [-0.15, -0.1) is 0 Å². The Kier molecular flexibility index (Phi) is 4.04. The Balaban J connectivity index is 2.14. The normalized spacial score (nSPS) is 19.6. The monoisotopic (exact) mass is 216 g/mol. The first kappa shape index (κ1) is 11.7. The van der Waals surface area contributed by atoms with Crippen molar-refractivity contribution in [1.29, 1.82) is 0 Å². The van der Waals surface area contributed by atoms with Crippen LogP contribution in [0.4, 0.5) is 0 Å². The van der Waals surface area contributed by atoms with Crippen LogP contribution in [-0.4, -0.2) is 0 Å².